The van der Waals surface area contributed by atoms with Crippen LogP contribution in [0.5, 0.6) is 11.5 Å². The largest absolute Gasteiger partial charge is 0.495 e. The second-order valence-electron chi connectivity index (χ2n) is 35.6. The molecule has 9 aliphatic rings. The summed E-state index contributed by atoms with van der Waals surface area (Å²) in [6, 6.07) is 49.7. The van der Waals surface area contributed by atoms with Crippen molar-refractivity contribution in [2.75, 3.05) is 14.2 Å². The molecular weight excluding hydrogens is 2120 g/mol. The molecule has 150 heavy (non-hydrogen) atoms. The lowest BCUT2D eigenvalue weighted by Gasteiger charge is -2.36. The summed E-state index contributed by atoms with van der Waals surface area (Å²) in [6.07, 6.45) is 16.8. The van der Waals surface area contributed by atoms with E-state index in [0.717, 1.165) is 113 Å². The Labute approximate surface area is 900 Å². The average molecular weight is 2190 g/mol. The Kier molecular flexibility index (Phi) is 29.4. The maximum Gasteiger partial charge on any atom is 0.386 e. The van der Waals surface area contributed by atoms with Gasteiger partial charge in [-0.15, -0.1) is 125 Å². The number of ether oxygens (including phenoxy) is 2. The van der Waals surface area contributed by atoms with E-state index in [0.29, 0.717) is 88.3 Å². The van der Waals surface area contributed by atoms with Crippen LogP contribution in [0.4, 0.5) is 36.3 Å². The number of Topliss-reactive ketones (excluding diaryl/α,β-unsaturated/α-hetero) is 6. The van der Waals surface area contributed by atoms with E-state index in [9.17, 15) is 65.6 Å². The van der Waals surface area contributed by atoms with E-state index < -0.39 is 12.4 Å². The lowest BCUT2D eigenvalue weighted by molar-refractivity contribution is -0.111. The van der Waals surface area contributed by atoms with Crippen molar-refractivity contribution in [1.82, 2.24) is 0 Å². The smallest absolute Gasteiger partial charge is 0.386 e. The third kappa shape index (κ3) is 18.7. The number of alkyl halides is 6. The zero-order valence-corrected chi connectivity index (χ0v) is 90.2. The second kappa shape index (κ2) is 42.0. The van der Waals surface area contributed by atoms with Gasteiger partial charge in [-0.3, -0.25) is 28.8 Å². The number of carbonyl (C=O) groups is 6. The van der Waals surface area contributed by atoms with Crippen LogP contribution < -0.4 is 9.47 Å². The fourth-order valence-electron chi connectivity index (χ4n) is 20.6. The molecule has 11 aromatic heterocycles. The molecule has 35 heteroatoms. The number of halogens is 6. The van der Waals surface area contributed by atoms with Crippen molar-refractivity contribution in [1.29, 1.82) is 31.6 Å². The molecule has 11 heterocycles. The van der Waals surface area contributed by atoms with E-state index in [1.54, 1.807) is 207 Å². The molecule has 0 amide bonds. The van der Waals surface area contributed by atoms with Crippen molar-refractivity contribution in [3.05, 3.63) is 298 Å². The number of fused-ring (bicyclic) bond motifs is 21. The summed E-state index contributed by atoms with van der Waals surface area (Å²) in [5, 5.41) is 57.2. The number of nitriles is 6. The quantitative estimate of drug-likeness (QED) is 0.0307. The summed E-state index contributed by atoms with van der Waals surface area (Å²) in [5.41, 5.74) is 12.4. The van der Waals surface area contributed by atoms with E-state index in [1.165, 1.54) is 103 Å². The van der Waals surface area contributed by atoms with Gasteiger partial charge in [-0.25, -0.2) is 30.2 Å². The molecule has 0 radical (unpaired) electrons. The second-order valence-corrected chi connectivity index (χ2v) is 47.2. The number of carbonyl (C=O) groups excluding carboxylic acids is 6. The minimum atomic E-state index is -4.00. The molecule has 0 bridgehead atoms. The lowest BCUT2D eigenvalue weighted by atomic mass is 9.67. The van der Waals surface area contributed by atoms with Gasteiger partial charge in [0.05, 0.1) is 108 Å². The number of ketones is 6. The van der Waals surface area contributed by atoms with Crippen LogP contribution in [0.1, 0.15) is 239 Å². The minimum Gasteiger partial charge on any atom is -0.495 e. The molecule has 0 N–H and O–H groups in total. The van der Waals surface area contributed by atoms with Crippen LogP contribution in [0, 0.1) is 81.1 Å². The highest BCUT2D eigenvalue weighted by Crippen LogP contribution is 2.65. The Hall–Kier alpha value is -14.7. The molecule has 2 saturated carbocycles. The average Bonchev–Trinajstić information content (AvgIpc) is 1.54. The Balaban J connectivity index is 0.000000139. The van der Waals surface area contributed by atoms with Gasteiger partial charge >= 0.3 is 12.4 Å². The highest BCUT2D eigenvalue weighted by atomic mass is 32.1. The first kappa shape index (κ1) is 105. The molecule has 2 fully saturated rings. The van der Waals surface area contributed by atoms with Crippen LogP contribution in [0.25, 0.3) is 123 Å². The van der Waals surface area contributed by atoms with Crippen LogP contribution in [-0.2, 0) is 16.2 Å². The van der Waals surface area contributed by atoms with Gasteiger partial charge in [-0.05, 0) is 131 Å². The van der Waals surface area contributed by atoms with Crippen LogP contribution in [0.3, 0.4) is 0 Å². The van der Waals surface area contributed by atoms with Crippen molar-refractivity contribution in [3.8, 4) is 57.7 Å². The maximum atomic E-state index is 13.8. The molecule has 24 rings (SSSR count). The first-order chi connectivity index (χ1) is 72.1. The van der Waals surface area contributed by atoms with E-state index >= 15 is 0 Å². The molecule has 0 atom stereocenters. The van der Waals surface area contributed by atoms with Gasteiger partial charge in [0.1, 0.15) is 45.8 Å². The van der Waals surface area contributed by atoms with Gasteiger partial charge < -0.3 is 9.47 Å². The molecule has 744 valence electrons. The molecular formula is C115H78F6N10O8S11. The monoisotopic (exact) mass is 2190 g/mol. The van der Waals surface area contributed by atoms with E-state index in [2.05, 4.69) is 69.9 Å². The van der Waals surface area contributed by atoms with Gasteiger partial charge in [-0.2, -0.15) is 47.4 Å². The number of hydrogen-bond donors (Lipinski definition) is 0. The van der Waals surface area contributed by atoms with E-state index in [1.807, 2.05) is 107 Å². The Bertz CT molecular complexity index is 8980. The number of allylic oxidation sites excluding steroid dienone is 13. The van der Waals surface area contributed by atoms with Gasteiger partial charge in [0, 0.05) is 136 Å². The molecule has 4 aromatic carbocycles. The van der Waals surface area contributed by atoms with Crippen molar-refractivity contribution in [2.45, 2.75) is 148 Å². The molecule has 9 aliphatic carbocycles. The fourth-order valence-corrected chi connectivity index (χ4v) is 36.2. The highest BCUT2D eigenvalue weighted by Gasteiger charge is 2.50. The SMILES string of the molecule is CC.CC.CC(F)(F)F.CC(F)(F)F.COc1cc(N=C(C#N)C#N)sc1C1=Cc2sc3c(sc4cc(-c5sc(N=C(C#N)C#N)cc5OC)sc43)c2C1(C)C.O=C1C(=CC2=Cc3sc4c(sc5cc(C=C6C(=O)c7ccccc7C6=O)sc54)c3C23CCCCC3)C(=O)c2ccccc21.[C-]#[N+]C(C#N)=C1/C(=C/c2cc3sc4c5c(sc4c3s2)C=C(/C=C2\C(=O)c3ccccc3\C2=C(\C#N)[N+]#[C-])C52CCCCC2)C(=O)c2ccccc21. The third-order valence-corrected chi connectivity index (χ3v) is 40.3. The van der Waals surface area contributed by atoms with Crippen molar-refractivity contribution in [2.24, 2.45) is 9.98 Å². The van der Waals surface area contributed by atoms with Crippen LogP contribution in [-0.4, -0.2) is 72.7 Å². The lowest BCUT2D eigenvalue weighted by Crippen LogP contribution is -2.29. The standard InChI is InChI=1S/C42H22N4O2S3.C36H22O4S3.C29H16N6O2S5.2C2H3F3.2C2H6/c1-45-30(20-43)34-24-10-4-6-12-26(24)37(47)28(34)16-22-17-32-36(42(22)14-8-3-9-15-42)40-41(50-32)39-33(51-40)19-23(49-39)18-29-35(31(21-44)46-2)25-11-5-7-13-27(25)38(29)48;37-29-20-8-2-3-9-21(20)30(38)24(29)14-18-15-26-28(36(18)12-6-1-7-13-36)34-35(42-26)33-27(43-34)17-19(41-33)16-25-31(39)22-10-4-5-11-23(22)32(25)40;1-29(2)15(24-16(36-3)6-21(41-24)34-13(9-30)10-31)5-18-23(29)27-28(38-18)26-20(40-27)8-19(39-26)25-17(37-4)7-22(42-25)35-14(11-32)12-33;2*1-2(3,4)5;2*1-2/h4-7,10-13,16-19H,3,8-9,14-15H2;2-5,8-11,14-17H,1,6-7,12-13H2;5-8H,1-4H3;2*1H3;2*1-2H3/b28-16-,29-18-,34-30+,35-31?;;;;;;. The normalized spacial score (nSPS) is 16.9. The van der Waals surface area contributed by atoms with Crippen LogP contribution >= 0.6 is 125 Å². The summed E-state index contributed by atoms with van der Waals surface area (Å²) < 4.78 is 88.0. The number of hydrogen-bond acceptors (Lipinski definition) is 27. The summed E-state index contributed by atoms with van der Waals surface area (Å²) in [6.45, 7) is 28.1. The van der Waals surface area contributed by atoms with Crippen LogP contribution in [0.2, 0.25) is 0 Å². The molecule has 2 spiro atoms. The number of rotatable bonds is 10. The maximum absolute atomic E-state index is 13.8. The summed E-state index contributed by atoms with van der Waals surface area (Å²) in [5.74, 6) is 0.246. The minimum absolute atomic E-state index is 0.0685. The molecule has 18 nitrogen and oxygen atoms in total. The topological polar surface area (TPSA) is 297 Å². The van der Waals surface area contributed by atoms with E-state index in [4.69, 9.17) is 43.7 Å². The van der Waals surface area contributed by atoms with Gasteiger partial charge in [-0.1, -0.05) is 177 Å². The Morgan fingerprint density at radius 2 is 0.693 bits per heavy atom. The van der Waals surface area contributed by atoms with Crippen molar-refractivity contribution >= 4 is 284 Å². The van der Waals surface area contributed by atoms with Gasteiger partial charge in [0.25, 0.3) is 11.4 Å². The molecule has 15 aromatic rings. The van der Waals surface area contributed by atoms with Crippen LogP contribution in [0.15, 0.2) is 194 Å². The Morgan fingerprint density at radius 1 is 0.380 bits per heavy atom. The predicted octanol–water partition coefficient (Wildman–Crippen LogP) is 34.7. The summed E-state index contributed by atoms with van der Waals surface area (Å²) >= 11 is 18.4. The zero-order valence-electron chi connectivity index (χ0n) is 81.2. The molecule has 0 unspecified atom stereocenters. The zero-order chi connectivity index (χ0) is 107. The molecule has 0 aliphatic heterocycles. The Morgan fingerprint density at radius 3 is 1.07 bits per heavy atom. The number of benzene rings is 4. The fraction of sp³-hybridized carbons (Fsp3) is 0.217. The van der Waals surface area contributed by atoms with Crippen molar-refractivity contribution < 1.29 is 64.6 Å². The number of nitrogens with zero attached hydrogens (tertiary/aromatic N) is 10. The van der Waals surface area contributed by atoms with E-state index in [-0.39, 0.29) is 98.8 Å². The van der Waals surface area contributed by atoms with Gasteiger partial charge in [0.2, 0.25) is 11.4 Å². The number of aliphatic imine (C=N–C) groups is 2. The van der Waals surface area contributed by atoms with Gasteiger partial charge in [0.15, 0.2) is 34.7 Å². The number of thiophene rings is 11. The first-order valence-corrected chi connectivity index (χ1v) is 56.1. The highest BCUT2D eigenvalue weighted by molar-refractivity contribution is 7.41. The predicted molar refractivity (Wildman–Crippen MR) is 597 cm³/mol. The third-order valence-electron chi connectivity index (χ3n) is 26.6. The number of methoxy groups -OCH3 is 2. The summed E-state index contributed by atoms with van der Waals surface area (Å²) in [7, 11) is 3.21. The summed E-state index contributed by atoms with van der Waals surface area (Å²) in [4.78, 5) is 104. The van der Waals surface area contributed by atoms with Crippen molar-refractivity contribution in [3.63, 3.8) is 0 Å². The first-order valence-electron chi connectivity index (χ1n) is 47.1. The molecule has 0 saturated heterocycles.